The van der Waals surface area contributed by atoms with Crippen molar-refractivity contribution in [2.75, 3.05) is 11.5 Å². The van der Waals surface area contributed by atoms with Crippen molar-refractivity contribution >= 4 is 34.0 Å². The molecule has 6 heteroatoms. The summed E-state index contributed by atoms with van der Waals surface area (Å²) in [5.41, 5.74) is 6.16. The minimum atomic E-state index is -1.47. The predicted octanol–water partition coefficient (Wildman–Crippen LogP) is 2.87. The fourth-order valence-corrected chi connectivity index (χ4v) is 3.99. The van der Waals surface area contributed by atoms with Crippen molar-refractivity contribution in [1.29, 1.82) is 0 Å². The summed E-state index contributed by atoms with van der Waals surface area (Å²) in [6.45, 7) is 0. The molecule has 0 aromatic heterocycles. The van der Waals surface area contributed by atoms with Gasteiger partial charge in [0, 0.05) is 11.7 Å². The summed E-state index contributed by atoms with van der Waals surface area (Å²) >= 11 is 6.01. The Bertz CT molecular complexity index is 528. The Hall–Kier alpha value is -1.07. The van der Waals surface area contributed by atoms with E-state index in [0.717, 1.165) is 25.7 Å². The summed E-state index contributed by atoms with van der Waals surface area (Å²) in [7, 11) is -1.47. The van der Waals surface area contributed by atoms with E-state index >= 15 is 0 Å². The van der Waals surface area contributed by atoms with Gasteiger partial charge in [0.2, 0.25) is 5.91 Å². The second-order valence-electron chi connectivity index (χ2n) is 5.44. The lowest BCUT2D eigenvalue weighted by atomic mass is 10.1. The van der Waals surface area contributed by atoms with Crippen molar-refractivity contribution in [3.63, 3.8) is 0 Å². The molecule has 4 nitrogen and oxygen atoms in total. The maximum Gasteiger partial charge on any atom is 0.233 e. The highest BCUT2D eigenvalue weighted by Crippen LogP contribution is 2.22. The SMILES string of the molecule is Nc1ccc(Cl)c(S(=O)CC(=O)NC2CCCCCC2)c1. The minimum absolute atomic E-state index is 0.0698. The van der Waals surface area contributed by atoms with Crippen LogP contribution in [0.25, 0.3) is 0 Å². The van der Waals surface area contributed by atoms with Crippen molar-refractivity contribution in [3.05, 3.63) is 23.2 Å². The molecular weight excluding hydrogens is 308 g/mol. The Kier molecular flexibility index (Phi) is 6.06. The van der Waals surface area contributed by atoms with Crippen LogP contribution >= 0.6 is 11.6 Å². The Morgan fingerprint density at radius 3 is 2.62 bits per heavy atom. The number of amides is 1. The van der Waals surface area contributed by atoms with Crippen LogP contribution in [0.5, 0.6) is 0 Å². The Morgan fingerprint density at radius 2 is 1.95 bits per heavy atom. The number of nitrogens with two attached hydrogens (primary N) is 1. The monoisotopic (exact) mass is 328 g/mol. The van der Waals surface area contributed by atoms with Gasteiger partial charge in [-0.25, -0.2) is 0 Å². The number of hydrogen-bond donors (Lipinski definition) is 2. The van der Waals surface area contributed by atoms with E-state index in [0.29, 0.717) is 15.6 Å². The minimum Gasteiger partial charge on any atom is -0.399 e. The largest absolute Gasteiger partial charge is 0.399 e. The molecule has 2 rings (SSSR count). The molecule has 3 N–H and O–H groups in total. The molecule has 0 heterocycles. The van der Waals surface area contributed by atoms with Crippen LogP contribution in [0.2, 0.25) is 5.02 Å². The lowest BCUT2D eigenvalue weighted by Gasteiger charge is -2.16. The lowest BCUT2D eigenvalue weighted by Crippen LogP contribution is -2.37. The molecule has 0 saturated heterocycles. The first-order valence-electron chi connectivity index (χ1n) is 7.29. The van der Waals surface area contributed by atoms with Gasteiger partial charge in [-0.1, -0.05) is 37.3 Å². The molecule has 0 bridgehead atoms. The number of nitrogens with one attached hydrogen (secondary N) is 1. The molecule has 1 unspecified atom stereocenters. The lowest BCUT2D eigenvalue weighted by molar-refractivity contribution is -0.119. The second kappa shape index (κ2) is 7.80. The van der Waals surface area contributed by atoms with Crippen LogP contribution < -0.4 is 11.1 Å². The van der Waals surface area contributed by atoms with Gasteiger partial charge < -0.3 is 11.1 Å². The van der Waals surface area contributed by atoms with Crippen LogP contribution in [0.4, 0.5) is 5.69 Å². The van der Waals surface area contributed by atoms with E-state index in [1.165, 1.54) is 12.8 Å². The topological polar surface area (TPSA) is 72.2 Å². The zero-order chi connectivity index (χ0) is 15.2. The van der Waals surface area contributed by atoms with Gasteiger partial charge >= 0.3 is 0 Å². The first-order valence-corrected chi connectivity index (χ1v) is 8.98. The standard InChI is InChI=1S/C15H21ClN2O2S/c16-13-8-7-11(17)9-14(13)21(20)10-15(19)18-12-5-3-1-2-4-6-12/h7-9,12H,1-6,10,17H2,(H,18,19). The third-order valence-electron chi connectivity index (χ3n) is 3.68. The molecule has 1 aliphatic carbocycles. The quantitative estimate of drug-likeness (QED) is 0.659. The average molecular weight is 329 g/mol. The van der Waals surface area contributed by atoms with E-state index in [-0.39, 0.29) is 17.7 Å². The number of rotatable bonds is 4. The summed E-state index contributed by atoms with van der Waals surface area (Å²) in [4.78, 5) is 12.4. The third kappa shape index (κ3) is 5.00. The highest BCUT2D eigenvalue weighted by atomic mass is 35.5. The van der Waals surface area contributed by atoms with Crippen molar-refractivity contribution in [2.24, 2.45) is 0 Å². The van der Waals surface area contributed by atoms with Crippen LogP contribution in [0.3, 0.4) is 0 Å². The predicted molar refractivity (Wildman–Crippen MR) is 86.8 cm³/mol. The van der Waals surface area contributed by atoms with Crippen molar-refractivity contribution < 1.29 is 9.00 Å². The van der Waals surface area contributed by atoms with Crippen LogP contribution in [0.15, 0.2) is 23.1 Å². The number of nitrogen functional groups attached to an aromatic ring is 1. The Morgan fingerprint density at radius 1 is 1.29 bits per heavy atom. The molecule has 1 atom stereocenters. The van der Waals surface area contributed by atoms with Crippen molar-refractivity contribution in [3.8, 4) is 0 Å². The van der Waals surface area contributed by atoms with E-state index in [4.69, 9.17) is 17.3 Å². The van der Waals surface area contributed by atoms with Gasteiger partial charge in [0.05, 0.1) is 20.7 Å². The molecular formula is C15H21ClN2O2S. The molecule has 0 aliphatic heterocycles. The van der Waals surface area contributed by atoms with Gasteiger partial charge in [0.25, 0.3) is 0 Å². The fraction of sp³-hybridized carbons (Fsp3) is 0.533. The number of benzene rings is 1. The van der Waals surface area contributed by atoms with E-state index < -0.39 is 10.8 Å². The Balaban J connectivity index is 1.92. The smallest absolute Gasteiger partial charge is 0.233 e. The van der Waals surface area contributed by atoms with E-state index in [2.05, 4.69) is 5.32 Å². The molecule has 0 spiro atoms. The van der Waals surface area contributed by atoms with E-state index in [1.54, 1.807) is 18.2 Å². The summed E-state index contributed by atoms with van der Waals surface area (Å²) in [5.74, 6) is -0.252. The first-order chi connectivity index (χ1) is 10.1. The fourth-order valence-electron chi connectivity index (χ4n) is 2.58. The number of halogens is 1. The Labute approximate surface area is 132 Å². The zero-order valence-electron chi connectivity index (χ0n) is 11.9. The van der Waals surface area contributed by atoms with Crippen LogP contribution in [-0.4, -0.2) is 21.9 Å². The van der Waals surface area contributed by atoms with E-state index in [1.807, 2.05) is 0 Å². The molecule has 1 aromatic carbocycles. The van der Waals surface area contributed by atoms with Gasteiger partial charge in [-0.05, 0) is 31.0 Å². The zero-order valence-corrected chi connectivity index (χ0v) is 13.5. The number of carbonyl (C=O) groups excluding carboxylic acids is 1. The average Bonchev–Trinajstić information content (AvgIpc) is 2.70. The number of hydrogen-bond acceptors (Lipinski definition) is 3. The highest BCUT2D eigenvalue weighted by molar-refractivity contribution is 7.85. The highest BCUT2D eigenvalue weighted by Gasteiger charge is 2.18. The number of anilines is 1. The molecule has 116 valence electrons. The maximum absolute atomic E-state index is 12.2. The third-order valence-corrected chi connectivity index (χ3v) is 5.48. The molecule has 1 aliphatic rings. The van der Waals surface area contributed by atoms with Gasteiger partial charge in [-0.2, -0.15) is 0 Å². The normalized spacial score (nSPS) is 18.0. The summed E-state index contributed by atoms with van der Waals surface area (Å²) in [6.07, 6.45) is 6.79. The molecule has 0 radical (unpaired) electrons. The van der Waals surface area contributed by atoms with Crippen LogP contribution in [0, 0.1) is 0 Å². The molecule has 1 saturated carbocycles. The summed E-state index contributed by atoms with van der Waals surface area (Å²) < 4.78 is 12.2. The van der Waals surface area contributed by atoms with E-state index in [9.17, 15) is 9.00 Å². The number of carbonyl (C=O) groups is 1. The van der Waals surface area contributed by atoms with Crippen LogP contribution in [0.1, 0.15) is 38.5 Å². The summed E-state index contributed by atoms with van der Waals surface area (Å²) in [5, 5.41) is 3.37. The first kappa shape index (κ1) is 16.3. The maximum atomic E-state index is 12.2. The van der Waals surface area contributed by atoms with Gasteiger partial charge in [-0.15, -0.1) is 0 Å². The van der Waals surface area contributed by atoms with Crippen LogP contribution in [-0.2, 0) is 15.6 Å². The summed E-state index contributed by atoms with van der Waals surface area (Å²) in [6, 6.07) is 5.03. The van der Waals surface area contributed by atoms with Gasteiger partial charge in [0.15, 0.2) is 0 Å². The van der Waals surface area contributed by atoms with Gasteiger partial charge in [-0.3, -0.25) is 9.00 Å². The molecule has 1 amide bonds. The van der Waals surface area contributed by atoms with Crippen molar-refractivity contribution in [1.82, 2.24) is 5.32 Å². The molecule has 1 fully saturated rings. The molecule has 1 aromatic rings. The second-order valence-corrected chi connectivity index (χ2v) is 7.26. The van der Waals surface area contributed by atoms with Gasteiger partial charge in [0.1, 0.15) is 5.75 Å². The molecule has 21 heavy (non-hydrogen) atoms. The van der Waals surface area contributed by atoms with Crippen molar-refractivity contribution in [2.45, 2.75) is 49.5 Å².